The van der Waals surface area contributed by atoms with Crippen LogP contribution in [0.4, 0.5) is 0 Å². The van der Waals surface area contributed by atoms with Gasteiger partial charge in [0.15, 0.2) is 11.5 Å². The predicted molar refractivity (Wildman–Crippen MR) is 92.2 cm³/mol. The molecule has 0 aromatic carbocycles. The van der Waals surface area contributed by atoms with Crippen LogP contribution in [-0.4, -0.2) is 61.1 Å². The monoisotopic (exact) mass is 373 g/mol. The average molecular weight is 373 g/mol. The first kappa shape index (κ1) is 17.6. The Labute approximate surface area is 155 Å². The highest BCUT2D eigenvalue weighted by molar-refractivity contribution is 6.14. The van der Waals surface area contributed by atoms with E-state index in [4.69, 9.17) is 13.6 Å². The summed E-state index contributed by atoms with van der Waals surface area (Å²) in [5.74, 6) is -1.14. The molecule has 2 aromatic rings. The van der Waals surface area contributed by atoms with Gasteiger partial charge in [0.25, 0.3) is 5.91 Å². The van der Waals surface area contributed by atoms with E-state index in [1.807, 2.05) is 0 Å². The zero-order chi connectivity index (χ0) is 18.8. The van der Waals surface area contributed by atoms with Gasteiger partial charge in [0.05, 0.1) is 44.4 Å². The van der Waals surface area contributed by atoms with Crippen molar-refractivity contribution in [2.75, 3.05) is 39.4 Å². The largest absolute Gasteiger partial charge is 0.503 e. The topological polar surface area (TPSA) is 97.6 Å². The molecule has 0 bridgehead atoms. The van der Waals surface area contributed by atoms with Crippen LogP contribution >= 0.6 is 0 Å². The maximum Gasteiger partial charge on any atom is 0.290 e. The molecule has 0 unspecified atom stereocenters. The molecular weight excluding hydrogens is 352 g/mol. The lowest BCUT2D eigenvalue weighted by Crippen LogP contribution is -3.14. The smallest absolute Gasteiger partial charge is 0.290 e. The number of Topliss-reactive ketones (excluding diaryl/α,β-unsaturated/α-hetero) is 1. The summed E-state index contributed by atoms with van der Waals surface area (Å²) in [6.45, 7) is 4.20. The number of amides is 1. The molecule has 142 valence electrons. The molecule has 8 heteroatoms. The Bertz CT molecular complexity index is 834. The number of furan rings is 2. The van der Waals surface area contributed by atoms with Crippen LogP contribution in [0.1, 0.15) is 22.4 Å². The number of rotatable bonds is 6. The molecule has 1 saturated heterocycles. The van der Waals surface area contributed by atoms with Crippen LogP contribution in [0.2, 0.25) is 0 Å². The summed E-state index contributed by atoms with van der Waals surface area (Å²) in [7, 11) is 0. The van der Waals surface area contributed by atoms with Crippen LogP contribution in [0.15, 0.2) is 57.0 Å². The van der Waals surface area contributed by atoms with Crippen molar-refractivity contribution in [2.24, 2.45) is 0 Å². The predicted octanol–water partition coefficient (Wildman–Crippen LogP) is 0.366. The zero-order valence-electron chi connectivity index (χ0n) is 14.7. The van der Waals surface area contributed by atoms with E-state index in [1.165, 1.54) is 28.4 Å². The normalized spacial score (nSPS) is 21.3. The molecule has 4 rings (SSSR count). The van der Waals surface area contributed by atoms with Crippen molar-refractivity contribution in [3.05, 3.63) is 59.6 Å². The van der Waals surface area contributed by atoms with E-state index < -0.39 is 23.5 Å². The highest BCUT2D eigenvalue weighted by Gasteiger charge is 2.46. The molecule has 4 heterocycles. The number of nitrogens with one attached hydrogen (secondary N) is 1. The van der Waals surface area contributed by atoms with Crippen LogP contribution in [0.25, 0.3) is 0 Å². The average Bonchev–Trinajstić information content (AvgIpc) is 3.43. The summed E-state index contributed by atoms with van der Waals surface area (Å²) >= 11 is 0. The minimum absolute atomic E-state index is 0.0122. The van der Waals surface area contributed by atoms with Crippen molar-refractivity contribution in [3.8, 4) is 0 Å². The molecule has 0 saturated carbocycles. The number of aliphatic hydroxyl groups is 1. The van der Waals surface area contributed by atoms with E-state index in [9.17, 15) is 14.7 Å². The van der Waals surface area contributed by atoms with Crippen molar-refractivity contribution in [1.82, 2.24) is 4.90 Å². The second-order valence-corrected chi connectivity index (χ2v) is 6.60. The summed E-state index contributed by atoms with van der Waals surface area (Å²) in [4.78, 5) is 28.4. The van der Waals surface area contributed by atoms with Crippen molar-refractivity contribution >= 4 is 11.7 Å². The first-order valence-corrected chi connectivity index (χ1v) is 8.94. The van der Waals surface area contributed by atoms with Crippen LogP contribution in [0, 0.1) is 0 Å². The summed E-state index contributed by atoms with van der Waals surface area (Å²) < 4.78 is 16.0. The number of ketones is 1. The zero-order valence-corrected chi connectivity index (χ0v) is 14.7. The first-order chi connectivity index (χ1) is 13.2. The quantitative estimate of drug-likeness (QED) is 0.710. The van der Waals surface area contributed by atoms with Gasteiger partial charge in [0.1, 0.15) is 24.9 Å². The third kappa shape index (κ3) is 3.29. The van der Waals surface area contributed by atoms with Gasteiger partial charge in [-0.15, -0.1) is 0 Å². The standard InChI is InChI=1S/C19H20N2O6/c22-17(14-4-2-10-27-14)15-16(13-3-1-9-26-13)21(19(24)18(15)23)6-5-20-7-11-25-12-8-20/h1-4,9-10,16,23H,5-8,11-12H2/p+1/t16-/m0/s1. The molecule has 1 atom stereocenters. The third-order valence-corrected chi connectivity index (χ3v) is 5.01. The van der Waals surface area contributed by atoms with E-state index in [1.54, 1.807) is 18.2 Å². The van der Waals surface area contributed by atoms with Crippen LogP contribution in [-0.2, 0) is 9.53 Å². The van der Waals surface area contributed by atoms with Gasteiger partial charge in [-0.25, -0.2) is 0 Å². The molecule has 8 nitrogen and oxygen atoms in total. The molecule has 27 heavy (non-hydrogen) atoms. The highest BCUT2D eigenvalue weighted by atomic mass is 16.5. The Morgan fingerprint density at radius 3 is 2.59 bits per heavy atom. The summed E-state index contributed by atoms with van der Waals surface area (Å²) in [6, 6.07) is 5.71. The second-order valence-electron chi connectivity index (χ2n) is 6.60. The number of ether oxygens (including phenoxy) is 1. The van der Waals surface area contributed by atoms with Crippen LogP contribution < -0.4 is 4.90 Å². The van der Waals surface area contributed by atoms with E-state index in [0.717, 1.165) is 13.1 Å². The van der Waals surface area contributed by atoms with Crippen molar-refractivity contribution in [1.29, 1.82) is 0 Å². The number of carbonyl (C=O) groups excluding carboxylic acids is 2. The maximum absolute atomic E-state index is 12.9. The van der Waals surface area contributed by atoms with Crippen LogP contribution in [0.3, 0.4) is 0 Å². The lowest BCUT2D eigenvalue weighted by atomic mass is 10.00. The number of aliphatic hydroxyl groups excluding tert-OH is 1. The second kappa shape index (κ2) is 7.42. The SMILES string of the molecule is O=C(C1=C(O)C(=O)N(CC[NH+]2CCOCC2)[C@H]1c1ccco1)c1ccco1. The fraction of sp³-hybridized carbons (Fsp3) is 0.368. The minimum atomic E-state index is -0.773. The molecule has 1 fully saturated rings. The van der Waals surface area contributed by atoms with E-state index in [2.05, 4.69) is 0 Å². The van der Waals surface area contributed by atoms with Gasteiger partial charge in [0.2, 0.25) is 5.78 Å². The fourth-order valence-corrected chi connectivity index (χ4v) is 3.59. The summed E-state index contributed by atoms with van der Waals surface area (Å²) in [6.07, 6.45) is 2.86. The van der Waals surface area contributed by atoms with Crippen molar-refractivity contribution < 1.29 is 33.2 Å². The highest BCUT2D eigenvalue weighted by Crippen LogP contribution is 2.38. The molecule has 0 spiro atoms. The minimum Gasteiger partial charge on any atom is -0.503 e. The molecule has 0 radical (unpaired) electrons. The van der Waals surface area contributed by atoms with Gasteiger partial charge in [-0.05, 0) is 24.3 Å². The molecule has 2 aromatic heterocycles. The Kier molecular flexibility index (Phi) is 4.83. The fourth-order valence-electron chi connectivity index (χ4n) is 3.59. The molecule has 2 aliphatic rings. The lowest BCUT2D eigenvalue weighted by molar-refractivity contribution is -0.907. The number of nitrogens with zero attached hydrogens (tertiary/aromatic N) is 1. The third-order valence-electron chi connectivity index (χ3n) is 5.01. The summed E-state index contributed by atoms with van der Waals surface area (Å²) in [5.41, 5.74) is -0.0122. The van der Waals surface area contributed by atoms with E-state index >= 15 is 0 Å². The lowest BCUT2D eigenvalue weighted by Gasteiger charge is -2.28. The maximum atomic E-state index is 12.9. The van der Waals surface area contributed by atoms with E-state index in [-0.39, 0.29) is 11.3 Å². The van der Waals surface area contributed by atoms with E-state index in [0.29, 0.717) is 32.1 Å². The molecule has 0 aliphatic carbocycles. The molecule has 2 N–H and O–H groups in total. The van der Waals surface area contributed by atoms with Gasteiger partial charge in [-0.3, -0.25) is 9.59 Å². The first-order valence-electron chi connectivity index (χ1n) is 8.94. The van der Waals surface area contributed by atoms with Gasteiger partial charge in [0, 0.05) is 0 Å². The van der Waals surface area contributed by atoms with Crippen LogP contribution in [0.5, 0.6) is 0 Å². The van der Waals surface area contributed by atoms with Crippen molar-refractivity contribution in [2.45, 2.75) is 6.04 Å². The van der Waals surface area contributed by atoms with Crippen molar-refractivity contribution in [3.63, 3.8) is 0 Å². The van der Waals surface area contributed by atoms with Gasteiger partial charge in [-0.2, -0.15) is 0 Å². The number of hydrogen-bond donors (Lipinski definition) is 2. The van der Waals surface area contributed by atoms with Gasteiger partial charge < -0.3 is 28.5 Å². The molecule has 2 aliphatic heterocycles. The number of quaternary nitrogens is 1. The molecule has 1 amide bonds. The Morgan fingerprint density at radius 2 is 1.93 bits per heavy atom. The Hall–Kier alpha value is -2.84. The summed E-state index contributed by atoms with van der Waals surface area (Å²) in [5, 5.41) is 10.5. The number of morpholine rings is 1. The van der Waals surface area contributed by atoms with Gasteiger partial charge in [-0.1, -0.05) is 0 Å². The number of carbonyl (C=O) groups is 2. The number of hydrogen-bond acceptors (Lipinski definition) is 6. The Balaban J connectivity index is 1.62. The Morgan fingerprint density at radius 1 is 1.19 bits per heavy atom. The molecular formula is C19H21N2O6+. The van der Waals surface area contributed by atoms with Gasteiger partial charge >= 0.3 is 0 Å².